The second kappa shape index (κ2) is 5.02. The molecule has 0 aliphatic carbocycles. The molecule has 2 aromatic heterocycles. The predicted molar refractivity (Wildman–Crippen MR) is 63.7 cm³/mol. The molecule has 2 aromatic rings. The zero-order valence-corrected chi connectivity index (χ0v) is 9.24. The van der Waals surface area contributed by atoms with Crippen molar-refractivity contribution in [3.63, 3.8) is 0 Å². The van der Waals surface area contributed by atoms with Crippen LogP contribution in [0, 0.1) is 0 Å². The van der Waals surface area contributed by atoms with Gasteiger partial charge in [-0.3, -0.25) is 4.98 Å². The zero-order valence-electron chi connectivity index (χ0n) is 9.24. The van der Waals surface area contributed by atoms with Crippen molar-refractivity contribution in [2.45, 2.75) is 6.92 Å². The molecule has 0 aromatic carbocycles. The Bertz CT molecular complexity index is 530. The highest BCUT2D eigenvalue weighted by atomic mass is 16.3. The summed E-state index contributed by atoms with van der Waals surface area (Å²) in [6, 6.07) is 3.58. The fourth-order valence-corrected chi connectivity index (χ4v) is 1.15. The summed E-state index contributed by atoms with van der Waals surface area (Å²) in [6.07, 6.45) is 6.20. The van der Waals surface area contributed by atoms with Crippen LogP contribution >= 0.6 is 0 Å². The molecule has 0 saturated carbocycles. The van der Waals surface area contributed by atoms with Gasteiger partial charge in [0.25, 0.3) is 0 Å². The van der Waals surface area contributed by atoms with Crippen LogP contribution in [0.3, 0.4) is 0 Å². The van der Waals surface area contributed by atoms with Crippen LogP contribution in [0.1, 0.15) is 18.4 Å². The molecule has 2 N–H and O–H groups in total. The first-order valence-corrected chi connectivity index (χ1v) is 4.95. The molecule has 6 heteroatoms. The molecule has 6 nitrogen and oxygen atoms in total. The lowest BCUT2D eigenvalue weighted by Crippen LogP contribution is -2.14. The number of aromatic nitrogens is 2. The van der Waals surface area contributed by atoms with E-state index in [1.807, 2.05) is 0 Å². The average Bonchev–Trinajstić information content (AvgIpc) is 2.90. The molecule has 86 valence electrons. The van der Waals surface area contributed by atoms with Crippen molar-refractivity contribution in [1.82, 2.24) is 9.97 Å². The second-order valence-electron chi connectivity index (χ2n) is 3.24. The molecule has 0 spiro atoms. The Kier molecular flexibility index (Phi) is 3.25. The van der Waals surface area contributed by atoms with Crippen LogP contribution in [0.25, 0.3) is 0 Å². The van der Waals surface area contributed by atoms with Gasteiger partial charge in [0, 0.05) is 12.4 Å². The van der Waals surface area contributed by atoms with Crippen molar-refractivity contribution in [3.8, 4) is 0 Å². The molecule has 17 heavy (non-hydrogen) atoms. The normalized spacial score (nSPS) is 12.8. The van der Waals surface area contributed by atoms with Crippen molar-refractivity contribution in [2.24, 2.45) is 15.9 Å². The van der Waals surface area contributed by atoms with Crippen LogP contribution in [-0.4, -0.2) is 21.5 Å². The van der Waals surface area contributed by atoms with Gasteiger partial charge in [-0.25, -0.2) is 4.98 Å². The largest absolute Gasteiger partial charge is 0.463 e. The van der Waals surface area contributed by atoms with Gasteiger partial charge >= 0.3 is 0 Å². The van der Waals surface area contributed by atoms with E-state index in [4.69, 9.17) is 10.2 Å². The van der Waals surface area contributed by atoms with E-state index in [1.165, 1.54) is 6.20 Å². The van der Waals surface area contributed by atoms with E-state index in [9.17, 15) is 0 Å². The maximum Gasteiger partial charge on any atom is 0.173 e. The quantitative estimate of drug-likeness (QED) is 0.486. The van der Waals surface area contributed by atoms with E-state index in [0.717, 1.165) is 0 Å². The van der Waals surface area contributed by atoms with E-state index in [0.29, 0.717) is 17.2 Å². The van der Waals surface area contributed by atoms with Crippen LogP contribution in [-0.2, 0) is 0 Å². The lowest BCUT2D eigenvalue weighted by molar-refractivity contribution is 0.557. The SMILES string of the molecule is C/C(=N\N=C(/N)c1cnccn1)c1ccco1. The van der Waals surface area contributed by atoms with Crippen molar-refractivity contribution >= 4 is 11.5 Å². The van der Waals surface area contributed by atoms with Crippen LogP contribution < -0.4 is 5.73 Å². The highest BCUT2D eigenvalue weighted by molar-refractivity contribution is 5.98. The van der Waals surface area contributed by atoms with Gasteiger partial charge in [0.1, 0.15) is 17.2 Å². The molecule has 0 amide bonds. The standard InChI is InChI=1S/C11H11N5O/c1-8(10-3-2-6-17-10)15-16-11(12)9-7-13-4-5-14-9/h2-7H,1H3,(H2,12,16)/b15-8+. The number of nitrogens with two attached hydrogens (primary N) is 1. The summed E-state index contributed by atoms with van der Waals surface area (Å²) < 4.78 is 5.16. The first-order chi connectivity index (χ1) is 8.27. The third kappa shape index (κ3) is 2.75. The number of amidine groups is 1. The molecule has 0 fully saturated rings. The topological polar surface area (TPSA) is 89.7 Å². The van der Waals surface area contributed by atoms with Crippen molar-refractivity contribution in [2.75, 3.05) is 0 Å². The summed E-state index contributed by atoms with van der Waals surface area (Å²) >= 11 is 0. The fraction of sp³-hybridized carbons (Fsp3) is 0.0909. The first-order valence-electron chi connectivity index (χ1n) is 4.95. The smallest absolute Gasteiger partial charge is 0.173 e. The Morgan fingerprint density at radius 2 is 2.24 bits per heavy atom. The van der Waals surface area contributed by atoms with Crippen LogP contribution in [0.2, 0.25) is 0 Å². The minimum absolute atomic E-state index is 0.212. The Morgan fingerprint density at radius 3 is 2.88 bits per heavy atom. The zero-order chi connectivity index (χ0) is 12.1. The average molecular weight is 229 g/mol. The highest BCUT2D eigenvalue weighted by Gasteiger charge is 2.01. The van der Waals surface area contributed by atoms with Crippen LogP contribution in [0.4, 0.5) is 0 Å². The van der Waals surface area contributed by atoms with Gasteiger partial charge in [-0.2, -0.15) is 0 Å². The Balaban J connectivity index is 2.18. The number of hydrogen-bond donors (Lipinski definition) is 1. The third-order valence-corrected chi connectivity index (χ3v) is 2.01. The molecule has 0 saturated heterocycles. The minimum Gasteiger partial charge on any atom is -0.463 e. The fourth-order valence-electron chi connectivity index (χ4n) is 1.15. The van der Waals surface area contributed by atoms with E-state index in [1.54, 1.807) is 37.7 Å². The highest BCUT2D eigenvalue weighted by Crippen LogP contribution is 2.02. The van der Waals surface area contributed by atoms with Crippen LogP contribution in [0.5, 0.6) is 0 Å². The lowest BCUT2D eigenvalue weighted by Gasteiger charge is -1.96. The molecule has 2 heterocycles. The molecule has 0 atom stereocenters. The molecule has 0 aliphatic rings. The molecule has 0 radical (unpaired) electrons. The second-order valence-corrected chi connectivity index (χ2v) is 3.24. The van der Waals surface area contributed by atoms with Gasteiger partial charge in [-0.15, -0.1) is 10.2 Å². The predicted octanol–water partition coefficient (Wildman–Crippen LogP) is 1.20. The van der Waals surface area contributed by atoms with Crippen molar-refractivity contribution < 1.29 is 4.42 Å². The monoisotopic (exact) mass is 229 g/mol. The van der Waals surface area contributed by atoms with Crippen molar-refractivity contribution in [1.29, 1.82) is 0 Å². The molecule has 2 rings (SSSR count). The number of furan rings is 1. The molecule has 0 bridgehead atoms. The number of hydrogen-bond acceptors (Lipinski definition) is 5. The maximum absolute atomic E-state index is 5.71. The van der Waals surface area contributed by atoms with Crippen molar-refractivity contribution in [3.05, 3.63) is 48.4 Å². The van der Waals surface area contributed by atoms with Gasteiger partial charge in [0.05, 0.1) is 12.5 Å². The summed E-state index contributed by atoms with van der Waals surface area (Å²) in [4.78, 5) is 7.90. The molecular weight excluding hydrogens is 218 g/mol. The number of nitrogens with zero attached hydrogens (tertiary/aromatic N) is 4. The van der Waals surface area contributed by atoms with E-state index >= 15 is 0 Å². The van der Waals surface area contributed by atoms with E-state index < -0.39 is 0 Å². The Morgan fingerprint density at radius 1 is 1.35 bits per heavy atom. The van der Waals surface area contributed by atoms with Gasteiger partial charge in [0.15, 0.2) is 5.84 Å². The van der Waals surface area contributed by atoms with Crippen LogP contribution in [0.15, 0.2) is 51.6 Å². The molecule has 0 unspecified atom stereocenters. The molecule has 0 aliphatic heterocycles. The third-order valence-electron chi connectivity index (χ3n) is 2.01. The van der Waals surface area contributed by atoms with Gasteiger partial charge < -0.3 is 10.2 Å². The Hall–Kier alpha value is -2.50. The van der Waals surface area contributed by atoms with E-state index in [2.05, 4.69) is 20.2 Å². The summed E-state index contributed by atoms with van der Waals surface area (Å²) in [5.74, 6) is 0.865. The summed E-state index contributed by atoms with van der Waals surface area (Å²) in [7, 11) is 0. The van der Waals surface area contributed by atoms with Gasteiger partial charge in [-0.05, 0) is 19.1 Å². The van der Waals surface area contributed by atoms with E-state index in [-0.39, 0.29) is 5.84 Å². The summed E-state index contributed by atoms with van der Waals surface area (Å²) in [5.41, 5.74) is 6.84. The van der Waals surface area contributed by atoms with Gasteiger partial charge in [-0.1, -0.05) is 0 Å². The lowest BCUT2D eigenvalue weighted by atomic mass is 10.3. The number of rotatable bonds is 3. The summed E-state index contributed by atoms with van der Waals surface area (Å²) in [6.45, 7) is 1.78. The first kappa shape index (κ1) is 11.0. The molecular formula is C11H11N5O. The maximum atomic E-state index is 5.71. The summed E-state index contributed by atoms with van der Waals surface area (Å²) in [5, 5.41) is 7.83. The van der Waals surface area contributed by atoms with Gasteiger partial charge in [0.2, 0.25) is 0 Å². The Labute approximate surface area is 97.9 Å². The minimum atomic E-state index is 0.212.